The first-order valence-electron chi connectivity index (χ1n) is 3.37. The topological polar surface area (TPSA) is 47.0 Å². The first-order chi connectivity index (χ1) is 5.36. The summed E-state index contributed by atoms with van der Waals surface area (Å²) in [6, 6.07) is 1.72. The van der Waals surface area contributed by atoms with Gasteiger partial charge in [-0.2, -0.15) is 4.98 Å². The van der Waals surface area contributed by atoms with E-state index in [0.29, 0.717) is 12.4 Å². The molecule has 1 heterocycles. The standard InChI is InChI=1S/C7H11N3O/c1-8-5-6-9-4-3-7(10-6)11-2/h3-4,8H,5H2,1-2H3. The van der Waals surface area contributed by atoms with Gasteiger partial charge in [0.15, 0.2) is 0 Å². The normalized spacial score (nSPS) is 9.64. The van der Waals surface area contributed by atoms with Crippen LogP contribution in [0.3, 0.4) is 0 Å². The lowest BCUT2D eigenvalue weighted by atomic mass is 10.5. The summed E-state index contributed by atoms with van der Waals surface area (Å²) in [6.07, 6.45) is 1.68. The maximum atomic E-state index is 4.92. The smallest absolute Gasteiger partial charge is 0.216 e. The van der Waals surface area contributed by atoms with Crippen LogP contribution in [0.5, 0.6) is 5.88 Å². The van der Waals surface area contributed by atoms with Crippen LogP contribution in [0.15, 0.2) is 12.3 Å². The van der Waals surface area contributed by atoms with Crippen LogP contribution >= 0.6 is 0 Å². The molecule has 0 radical (unpaired) electrons. The molecule has 11 heavy (non-hydrogen) atoms. The Kier molecular flexibility index (Phi) is 2.80. The van der Waals surface area contributed by atoms with Gasteiger partial charge in [-0.15, -0.1) is 0 Å². The fourth-order valence-corrected chi connectivity index (χ4v) is 0.737. The van der Waals surface area contributed by atoms with Crippen molar-refractivity contribution in [2.45, 2.75) is 6.54 Å². The van der Waals surface area contributed by atoms with Crippen LogP contribution in [-0.4, -0.2) is 24.1 Å². The van der Waals surface area contributed by atoms with Crippen molar-refractivity contribution in [2.75, 3.05) is 14.2 Å². The van der Waals surface area contributed by atoms with E-state index in [2.05, 4.69) is 15.3 Å². The molecule has 0 fully saturated rings. The van der Waals surface area contributed by atoms with Crippen LogP contribution in [0, 0.1) is 0 Å². The third-order valence-electron chi connectivity index (χ3n) is 1.22. The summed E-state index contributed by atoms with van der Waals surface area (Å²) in [4.78, 5) is 8.11. The van der Waals surface area contributed by atoms with Gasteiger partial charge < -0.3 is 10.1 Å². The van der Waals surface area contributed by atoms with Crippen LogP contribution in [-0.2, 0) is 6.54 Å². The number of ether oxygens (including phenoxy) is 1. The Hall–Kier alpha value is -1.16. The monoisotopic (exact) mass is 153 g/mol. The summed E-state index contributed by atoms with van der Waals surface area (Å²) in [7, 11) is 3.44. The highest BCUT2D eigenvalue weighted by Gasteiger charge is 1.95. The zero-order valence-corrected chi connectivity index (χ0v) is 6.66. The molecule has 0 aliphatic heterocycles. The molecule has 0 atom stereocenters. The number of methoxy groups -OCH3 is 1. The van der Waals surface area contributed by atoms with Crippen LogP contribution < -0.4 is 10.1 Å². The molecule has 4 heteroatoms. The van der Waals surface area contributed by atoms with Crippen LogP contribution in [0.4, 0.5) is 0 Å². The molecule has 0 bridgehead atoms. The maximum absolute atomic E-state index is 4.92. The Morgan fingerprint density at radius 2 is 2.45 bits per heavy atom. The van der Waals surface area contributed by atoms with Gasteiger partial charge in [0.2, 0.25) is 5.88 Å². The van der Waals surface area contributed by atoms with Crippen molar-refractivity contribution in [1.82, 2.24) is 15.3 Å². The van der Waals surface area contributed by atoms with Gasteiger partial charge in [-0.25, -0.2) is 4.98 Å². The van der Waals surface area contributed by atoms with Crippen molar-refractivity contribution in [1.29, 1.82) is 0 Å². The van der Waals surface area contributed by atoms with Gasteiger partial charge in [-0.3, -0.25) is 0 Å². The Morgan fingerprint density at radius 3 is 3.09 bits per heavy atom. The van der Waals surface area contributed by atoms with Gasteiger partial charge in [0, 0.05) is 12.3 Å². The number of aromatic nitrogens is 2. The largest absolute Gasteiger partial charge is 0.481 e. The Labute approximate surface area is 65.6 Å². The summed E-state index contributed by atoms with van der Waals surface area (Å²) >= 11 is 0. The molecule has 0 unspecified atom stereocenters. The van der Waals surface area contributed by atoms with E-state index in [4.69, 9.17) is 4.74 Å². The molecule has 0 saturated carbocycles. The predicted octanol–water partition coefficient (Wildman–Crippen LogP) is 0.205. The third kappa shape index (κ3) is 2.16. The number of nitrogens with zero attached hydrogens (tertiary/aromatic N) is 2. The Balaban J connectivity index is 2.74. The molecule has 0 spiro atoms. The average molecular weight is 153 g/mol. The lowest BCUT2D eigenvalue weighted by molar-refractivity contribution is 0.394. The Morgan fingerprint density at radius 1 is 1.64 bits per heavy atom. The molecule has 0 aliphatic rings. The van der Waals surface area contributed by atoms with Crippen molar-refractivity contribution in [3.63, 3.8) is 0 Å². The summed E-state index contributed by atoms with van der Waals surface area (Å²) < 4.78 is 4.92. The molecule has 0 aliphatic carbocycles. The minimum absolute atomic E-state index is 0.602. The van der Waals surface area contributed by atoms with E-state index in [0.717, 1.165) is 5.82 Å². The van der Waals surface area contributed by atoms with Gasteiger partial charge in [0.25, 0.3) is 0 Å². The molecule has 4 nitrogen and oxygen atoms in total. The summed E-state index contributed by atoms with van der Waals surface area (Å²) in [5, 5.41) is 2.95. The molecule has 1 rings (SSSR count). The lowest BCUT2D eigenvalue weighted by Crippen LogP contribution is -2.08. The zero-order chi connectivity index (χ0) is 8.10. The fraction of sp³-hybridized carbons (Fsp3) is 0.429. The van der Waals surface area contributed by atoms with E-state index in [1.807, 2.05) is 7.05 Å². The maximum Gasteiger partial charge on any atom is 0.216 e. The SMILES string of the molecule is CNCc1nccc(OC)n1. The third-order valence-corrected chi connectivity index (χ3v) is 1.22. The number of hydrogen-bond acceptors (Lipinski definition) is 4. The highest BCUT2D eigenvalue weighted by molar-refractivity contribution is 5.07. The minimum atomic E-state index is 0.602. The zero-order valence-electron chi connectivity index (χ0n) is 6.66. The highest BCUT2D eigenvalue weighted by atomic mass is 16.5. The van der Waals surface area contributed by atoms with Crippen molar-refractivity contribution in [3.8, 4) is 5.88 Å². The highest BCUT2D eigenvalue weighted by Crippen LogP contribution is 2.02. The van der Waals surface area contributed by atoms with Gasteiger partial charge in [-0.1, -0.05) is 0 Å². The molecule has 0 aromatic carbocycles. The molecule has 0 amide bonds. The molecule has 1 aromatic rings. The second-order valence-corrected chi connectivity index (χ2v) is 2.05. The first-order valence-corrected chi connectivity index (χ1v) is 3.37. The number of rotatable bonds is 3. The summed E-state index contributed by atoms with van der Waals surface area (Å²) in [5.74, 6) is 1.34. The van der Waals surface area contributed by atoms with Gasteiger partial charge in [-0.05, 0) is 7.05 Å². The van der Waals surface area contributed by atoms with E-state index in [1.54, 1.807) is 19.4 Å². The fourth-order valence-electron chi connectivity index (χ4n) is 0.737. The minimum Gasteiger partial charge on any atom is -0.481 e. The molecule has 60 valence electrons. The predicted molar refractivity (Wildman–Crippen MR) is 41.3 cm³/mol. The van der Waals surface area contributed by atoms with Crippen molar-refractivity contribution in [2.24, 2.45) is 0 Å². The Bertz CT molecular complexity index is 227. The molecule has 1 aromatic heterocycles. The van der Waals surface area contributed by atoms with Gasteiger partial charge >= 0.3 is 0 Å². The van der Waals surface area contributed by atoms with E-state index < -0.39 is 0 Å². The lowest BCUT2D eigenvalue weighted by Gasteiger charge is -2.00. The summed E-state index contributed by atoms with van der Waals surface area (Å²) in [6.45, 7) is 0.664. The van der Waals surface area contributed by atoms with E-state index in [9.17, 15) is 0 Å². The van der Waals surface area contributed by atoms with Crippen molar-refractivity contribution >= 4 is 0 Å². The van der Waals surface area contributed by atoms with Crippen LogP contribution in [0.2, 0.25) is 0 Å². The van der Waals surface area contributed by atoms with E-state index in [-0.39, 0.29) is 0 Å². The molecular formula is C7H11N3O. The quantitative estimate of drug-likeness (QED) is 0.674. The molecule has 0 saturated heterocycles. The molecular weight excluding hydrogens is 142 g/mol. The second-order valence-electron chi connectivity index (χ2n) is 2.05. The van der Waals surface area contributed by atoms with Crippen molar-refractivity contribution in [3.05, 3.63) is 18.1 Å². The molecule has 1 N–H and O–H groups in total. The van der Waals surface area contributed by atoms with E-state index >= 15 is 0 Å². The average Bonchev–Trinajstić information content (AvgIpc) is 2.06. The number of hydrogen-bond donors (Lipinski definition) is 1. The second kappa shape index (κ2) is 3.88. The van der Waals surface area contributed by atoms with Crippen LogP contribution in [0.1, 0.15) is 5.82 Å². The van der Waals surface area contributed by atoms with Gasteiger partial charge in [0.1, 0.15) is 5.82 Å². The van der Waals surface area contributed by atoms with E-state index in [1.165, 1.54) is 0 Å². The van der Waals surface area contributed by atoms with Crippen molar-refractivity contribution < 1.29 is 4.74 Å². The first kappa shape index (κ1) is 7.94. The summed E-state index contributed by atoms with van der Waals surface area (Å²) in [5.41, 5.74) is 0. The van der Waals surface area contributed by atoms with Crippen LogP contribution in [0.25, 0.3) is 0 Å². The number of nitrogens with one attached hydrogen (secondary N) is 1. The van der Waals surface area contributed by atoms with Gasteiger partial charge in [0.05, 0.1) is 13.7 Å².